The zero-order chi connectivity index (χ0) is 14.5. The summed E-state index contributed by atoms with van der Waals surface area (Å²) in [4.78, 5) is 12.7. The molecule has 0 aromatic carbocycles. The molecule has 1 saturated carbocycles. The first-order valence-corrected chi connectivity index (χ1v) is 6.84. The molecule has 0 spiro atoms. The van der Waals surface area contributed by atoms with Gasteiger partial charge in [-0.2, -0.15) is 13.2 Å². The van der Waals surface area contributed by atoms with Crippen molar-refractivity contribution in [2.75, 3.05) is 6.54 Å². The van der Waals surface area contributed by atoms with Crippen LogP contribution >= 0.6 is 0 Å². The van der Waals surface area contributed by atoms with Crippen molar-refractivity contribution in [2.24, 2.45) is 0 Å². The van der Waals surface area contributed by atoms with Gasteiger partial charge >= 0.3 is 12.1 Å². The molecule has 1 fully saturated rings. The van der Waals surface area contributed by atoms with Gasteiger partial charge in [0.1, 0.15) is 0 Å². The van der Waals surface area contributed by atoms with Gasteiger partial charge in [-0.1, -0.05) is 12.8 Å². The van der Waals surface area contributed by atoms with Gasteiger partial charge in [-0.15, -0.1) is 0 Å². The average molecular weight is 281 g/mol. The summed E-state index contributed by atoms with van der Waals surface area (Å²) >= 11 is 0. The van der Waals surface area contributed by atoms with E-state index in [0.717, 1.165) is 25.7 Å². The highest BCUT2D eigenvalue weighted by atomic mass is 19.4. The summed E-state index contributed by atoms with van der Waals surface area (Å²) in [5, 5.41) is 8.93. The topological polar surface area (TPSA) is 40.5 Å². The van der Waals surface area contributed by atoms with Crippen LogP contribution in [0.1, 0.15) is 51.9 Å². The number of carbonyl (C=O) groups is 1. The number of alkyl halides is 3. The summed E-state index contributed by atoms with van der Waals surface area (Å²) < 4.78 is 36.3. The second kappa shape index (κ2) is 7.12. The third kappa shape index (κ3) is 6.27. The van der Waals surface area contributed by atoms with Crippen LogP contribution in [0.25, 0.3) is 0 Å². The molecule has 19 heavy (non-hydrogen) atoms. The van der Waals surface area contributed by atoms with E-state index in [1.165, 1.54) is 0 Å². The molecule has 112 valence electrons. The van der Waals surface area contributed by atoms with Crippen molar-refractivity contribution < 1.29 is 23.1 Å². The summed E-state index contributed by atoms with van der Waals surface area (Å²) in [6, 6.07) is 0.110. The summed E-state index contributed by atoms with van der Waals surface area (Å²) in [6.45, 7) is 1.76. The zero-order valence-corrected chi connectivity index (χ0v) is 11.2. The van der Waals surface area contributed by atoms with Crippen molar-refractivity contribution in [3.63, 3.8) is 0 Å². The first-order chi connectivity index (χ1) is 8.79. The Morgan fingerprint density at radius 2 is 1.95 bits per heavy atom. The molecular formula is C13H22F3NO2. The van der Waals surface area contributed by atoms with Crippen LogP contribution < -0.4 is 0 Å². The smallest absolute Gasteiger partial charge is 0.389 e. The van der Waals surface area contributed by atoms with Gasteiger partial charge in [0.25, 0.3) is 0 Å². The highest BCUT2D eigenvalue weighted by Gasteiger charge is 2.30. The van der Waals surface area contributed by atoms with E-state index in [1.54, 1.807) is 0 Å². The van der Waals surface area contributed by atoms with Crippen LogP contribution in [0.2, 0.25) is 0 Å². The lowest BCUT2D eigenvalue weighted by atomic mass is 10.1. The van der Waals surface area contributed by atoms with Gasteiger partial charge in [0.15, 0.2) is 0 Å². The quantitative estimate of drug-likeness (QED) is 0.777. The van der Waals surface area contributed by atoms with Crippen molar-refractivity contribution in [2.45, 2.75) is 70.1 Å². The molecule has 0 bridgehead atoms. The van der Waals surface area contributed by atoms with Crippen LogP contribution in [-0.4, -0.2) is 40.8 Å². The van der Waals surface area contributed by atoms with Gasteiger partial charge in [-0.3, -0.25) is 9.69 Å². The zero-order valence-electron chi connectivity index (χ0n) is 11.2. The van der Waals surface area contributed by atoms with Crippen molar-refractivity contribution in [3.8, 4) is 0 Å². The Kier molecular flexibility index (Phi) is 6.10. The average Bonchev–Trinajstić information content (AvgIpc) is 2.76. The van der Waals surface area contributed by atoms with Crippen LogP contribution in [0.4, 0.5) is 13.2 Å². The predicted octanol–water partition coefficient (Wildman–Crippen LogP) is 3.44. The van der Waals surface area contributed by atoms with E-state index in [2.05, 4.69) is 0 Å². The Labute approximate surface area is 111 Å². The number of hydrogen-bond acceptors (Lipinski definition) is 2. The van der Waals surface area contributed by atoms with Crippen molar-refractivity contribution in [3.05, 3.63) is 0 Å². The molecule has 1 aliphatic rings. The minimum absolute atomic E-state index is 0.0630. The summed E-state index contributed by atoms with van der Waals surface area (Å²) in [5.74, 6) is -0.908. The first-order valence-electron chi connectivity index (χ1n) is 6.84. The molecule has 1 unspecified atom stereocenters. The van der Waals surface area contributed by atoms with Crippen LogP contribution in [0.3, 0.4) is 0 Å². The SMILES string of the molecule is CC(CCCC(F)(F)F)N(CC(=O)O)C1CCCC1. The molecule has 0 heterocycles. The number of halogens is 3. The highest BCUT2D eigenvalue weighted by Crippen LogP contribution is 2.28. The largest absolute Gasteiger partial charge is 0.480 e. The molecule has 3 nitrogen and oxygen atoms in total. The summed E-state index contributed by atoms with van der Waals surface area (Å²) in [5.41, 5.74) is 0. The minimum Gasteiger partial charge on any atom is -0.480 e. The maximum Gasteiger partial charge on any atom is 0.389 e. The number of aliphatic carboxylic acids is 1. The fourth-order valence-electron chi connectivity index (χ4n) is 2.80. The second-order valence-corrected chi connectivity index (χ2v) is 5.36. The Hall–Kier alpha value is -0.780. The molecule has 6 heteroatoms. The molecule has 0 aliphatic heterocycles. The van der Waals surface area contributed by atoms with E-state index in [1.807, 2.05) is 11.8 Å². The molecule has 1 rings (SSSR count). The summed E-state index contributed by atoms with van der Waals surface area (Å²) in [6.07, 6.45) is -0.385. The fourth-order valence-corrected chi connectivity index (χ4v) is 2.80. The molecule has 0 amide bonds. The number of carboxylic acid groups (broad SMARTS) is 1. The molecule has 0 radical (unpaired) electrons. The maximum atomic E-state index is 12.1. The normalized spacial score (nSPS) is 19.0. The van der Waals surface area contributed by atoms with E-state index in [4.69, 9.17) is 5.11 Å². The van der Waals surface area contributed by atoms with Gasteiger partial charge < -0.3 is 5.11 Å². The third-order valence-electron chi connectivity index (χ3n) is 3.76. The van der Waals surface area contributed by atoms with E-state index >= 15 is 0 Å². The Morgan fingerprint density at radius 1 is 1.37 bits per heavy atom. The number of nitrogens with zero attached hydrogens (tertiary/aromatic N) is 1. The molecule has 1 N–H and O–H groups in total. The highest BCUT2D eigenvalue weighted by molar-refractivity contribution is 5.69. The van der Waals surface area contributed by atoms with Gasteiger partial charge in [0.05, 0.1) is 6.54 Å². The van der Waals surface area contributed by atoms with E-state index < -0.39 is 18.6 Å². The van der Waals surface area contributed by atoms with E-state index in [-0.39, 0.29) is 25.0 Å². The molecule has 1 atom stereocenters. The molecule has 0 saturated heterocycles. The van der Waals surface area contributed by atoms with Crippen molar-refractivity contribution >= 4 is 5.97 Å². The maximum absolute atomic E-state index is 12.1. The Bertz CT molecular complexity index is 288. The first kappa shape index (κ1) is 16.3. The summed E-state index contributed by atoms with van der Waals surface area (Å²) in [7, 11) is 0. The number of carboxylic acids is 1. The third-order valence-corrected chi connectivity index (χ3v) is 3.76. The lowest BCUT2D eigenvalue weighted by Gasteiger charge is -2.33. The fraction of sp³-hybridized carbons (Fsp3) is 0.923. The van der Waals surface area contributed by atoms with Crippen LogP contribution in [0.15, 0.2) is 0 Å². The number of rotatable bonds is 7. The second-order valence-electron chi connectivity index (χ2n) is 5.36. The monoisotopic (exact) mass is 281 g/mol. The standard InChI is InChI=1S/C13H22F3NO2/c1-10(5-4-8-13(14,15)16)17(9-12(18)19)11-6-2-3-7-11/h10-11H,2-9H2,1H3,(H,18,19). The minimum atomic E-state index is -4.12. The molecule has 0 aromatic rings. The lowest BCUT2D eigenvalue weighted by Crippen LogP contribution is -2.43. The van der Waals surface area contributed by atoms with E-state index in [9.17, 15) is 18.0 Å². The number of hydrogen-bond donors (Lipinski definition) is 1. The van der Waals surface area contributed by atoms with Crippen molar-refractivity contribution in [1.29, 1.82) is 0 Å². The van der Waals surface area contributed by atoms with Gasteiger partial charge in [0, 0.05) is 18.5 Å². The van der Waals surface area contributed by atoms with Gasteiger partial charge in [0.2, 0.25) is 0 Å². The van der Waals surface area contributed by atoms with Crippen LogP contribution in [-0.2, 0) is 4.79 Å². The molecular weight excluding hydrogens is 259 g/mol. The van der Waals surface area contributed by atoms with Crippen LogP contribution in [0, 0.1) is 0 Å². The Balaban J connectivity index is 2.46. The lowest BCUT2D eigenvalue weighted by molar-refractivity contribution is -0.141. The van der Waals surface area contributed by atoms with Gasteiger partial charge in [-0.25, -0.2) is 0 Å². The van der Waals surface area contributed by atoms with Gasteiger partial charge in [-0.05, 0) is 32.6 Å². The van der Waals surface area contributed by atoms with Crippen molar-refractivity contribution in [1.82, 2.24) is 4.90 Å². The molecule has 0 aromatic heterocycles. The van der Waals surface area contributed by atoms with Crippen LogP contribution in [0.5, 0.6) is 0 Å². The molecule has 1 aliphatic carbocycles. The van der Waals surface area contributed by atoms with E-state index in [0.29, 0.717) is 6.42 Å². The Morgan fingerprint density at radius 3 is 2.42 bits per heavy atom. The predicted molar refractivity (Wildman–Crippen MR) is 66.0 cm³/mol.